The van der Waals surface area contributed by atoms with E-state index in [1.807, 2.05) is 32.0 Å². The number of aryl methyl sites for hydroxylation is 2. The SMILES string of the molecule is Cc1ccc(-c2ccoc2C=O)c(C)c1. The van der Waals surface area contributed by atoms with Gasteiger partial charge in [0.05, 0.1) is 6.26 Å². The zero-order valence-electron chi connectivity index (χ0n) is 8.78. The van der Waals surface area contributed by atoms with Gasteiger partial charge in [0.2, 0.25) is 0 Å². The van der Waals surface area contributed by atoms with Crippen molar-refractivity contribution in [2.24, 2.45) is 0 Å². The monoisotopic (exact) mass is 200 g/mol. The number of furan rings is 1. The Morgan fingerprint density at radius 1 is 1.13 bits per heavy atom. The summed E-state index contributed by atoms with van der Waals surface area (Å²) in [6.45, 7) is 4.08. The number of rotatable bonds is 2. The van der Waals surface area contributed by atoms with Gasteiger partial charge < -0.3 is 4.42 Å². The van der Waals surface area contributed by atoms with Crippen LogP contribution >= 0.6 is 0 Å². The third-order valence-corrected chi connectivity index (χ3v) is 2.47. The first-order valence-electron chi connectivity index (χ1n) is 4.82. The van der Waals surface area contributed by atoms with Crippen LogP contribution < -0.4 is 0 Å². The molecule has 0 fully saturated rings. The Hall–Kier alpha value is -1.83. The highest BCUT2D eigenvalue weighted by Gasteiger charge is 2.09. The molecule has 0 radical (unpaired) electrons. The van der Waals surface area contributed by atoms with Gasteiger partial charge in [-0.05, 0) is 31.0 Å². The van der Waals surface area contributed by atoms with Crippen LogP contribution in [0.15, 0.2) is 34.9 Å². The lowest BCUT2D eigenvalue weighted by atomic mass is 9.99. The van der Waals surface area contributed by atoms with Crippen molar-refractivity contribution in [2.75, 3.05) is 0 Å². The Labute approximate surface area is 88.5 Å². The predicted octanol–water partition coefficient (Wildman–Crippen LogP) is 3.38. The molecular weight excluding hydrogens is 188 g/mol. The Morgan fingerprint density at radius 2 is 1.93 bits per heavy atom. The average molecular weight is 200 g/mol. The minimum absolute atomic E-state index is 0.391. The standard InChI is InChI=1S/C13H12O2/c1-9-3-4-11(10(2)7-9)12-5-6-15-13(12)8-14/h3-8H,1-2H3. The van der Waals surface area contributed by atoms with Crippen LogP contribution in [0.4, 0.5) is 0 Å². The van der Waals surface area contributed by atoms with Crippen LogP contribution in [0.2, 0.25) is 0 Å². The molecule has 0 aliphatic heterocycles. The number of benzene rings is 1. The third-order valence-electron chi connectivity index (χ3n) is 2.47. The number of carbonyl (C=O) groups excluding carboxylic acids is 1. The lowest BCUT2D eigenvalue weighted by Crippen LogP contribution is -1.86. The molecule has 1 aromatic carbocycles. The third kappa shape index (κ3) is 1.71. The molecule has 0 spiro atoms. The van der Waals surface area contributed by atoms with Crippen LogP contribution in [0.5, 0.6) is 0 Å². The summed E-state index contributed by atoms with van der Waals surface area (Å²) >= 11 is 0. The lowest BCUT2D eigenvalue weighted by molar-refractivity contribution is 0.110. The Bertz CT molecular complexity index is 495. The Kier molecular flexibility index (Phi) is 2.42. The van der Waals surface area contributed by atoms with Gasteiger partial charge in [-0.2, -0.15) is 0 Å². The molecule has 1 heterocycles. The van der Waals surface area contributed by atoms with Crippen molar-refractivity contribution in [3.63, 3.8) is 0 Å². The van der Waals surface area contributed by atoms with E-state index >= 15 is 0 Å². The van der Waals surface area contributed by atoms with E-state index in [0.29, 0.717) is 5.76 Å². The molecule has 76 valence electrons. The van der Waals surface area contributed by atoms with Gasteiger partial charge in [0.25, 0.3) is 0 Å². The molecule has 2 aromatic rings. The Balaban J connectivity index is 2.59. The smallest absolute Gasteiger partial charge is 0.185 e. The van der Waals surface area contributed by atoms with E-state index in [2.05, 4.69) is 6.07 Å². The van der Waals surface area contributed by atoms with E-state index in [0.717, 1.165) is 23.0 Å². The summed E-state index contributed by atoms with van der Waals surface area (Å²) in [6.07, 6.45) is 2.28. The van der Waals surface area contributed by atoms with Gasteiger partial charge in [-0.3, -0.25) is 4.79 Å². The summed E-state index contributed by atoms with van der Waals surface area (Å²) in [4.78, 5) is 10.7. The average Bonchev–Trinajstić information content (AvgIpc) is 2.65. The quantitative estimate of drug-likeness (QED) is 0.695. The van der Waals surface area contributed by atoms with Gasteiger partial charge in [0.15, 0.2) is 12.0 Å². The first-order chi connectivity index (χ1) is 7.22. The molecule has 2 heteroatoms. The summed E-state index contributed by atoms with van der Waals surface area (Å²) in [7, 11) is 0. The van der Waals surface area contributed by atoms with Crippen molar-refractivity contribution in [2.45, 2.75) is 13.8 Å². The van der Waals surface area contributed by atoms with Gasteiger partial charge in [0.1, 0.15) is 0 Å². The molecule has 0 amide bonds. The van der Waals surface area contributed by atoms with E-state index in [9.17, 15) is 4.79 Å². The predicted molar refractivity (Wildman–Crippen MR) is 59.0 cm³/mol. The normalized spacial score (nSPS) is 10.3. The van der Waals surface area contributed by atoms with Crippen molar-refractivity contribution in [3.05, 3.63) is 47.4 Å². The minimum Gasteiger partial charge on any atom is -0.461 e. The number of aldehydes is 1. The topological polar surface area (TPSA) is 30.2 Å². The maximum atomic E-state index is 10.7. The van der Waals surface area contributed by atoms with E-state index in [-0.39, 0.29) is 0 Å². The van der Waals surface area contributed by atoms with E-state index in [1.54, 1.807) is 6.26 Å². The van der Waals surface area contributed by atoms with E-state index < -0.39 is 0 Å². The highest BCUT2D eigenvalue weighted by atomic mass is 16.3. The summed E-state index contributed by atoms with van der Waals surface area (Å²) in [5.74, 6) is 0.391. The molecule has 0 bridgehead atoms. The molecule has 0 N–H and O–H groups in total. The van der Waals surface area contributed by atoms with Crippen LogP contribution in [0.1, 0.15) is 21.7 Å². The summed E-state index contributed by atoms with van der Waals surface area (Å²) in [6, 6.07) is 7.96. The summed E-state index contributed by atoms with van der Waals surface area (Å²) < 4.78 is 5.09. The van der Waals surface area contributed by atoms with Crippen LogP contribution in [-0.2, 0) is 0 Å². The molecule has 0 atom stereocenters. The van der Waals surface area contributed by atoms with Crippen molar-refractivity contribution < 1.29 is 9.21 Å². The molecule has 0 saturated heterocycles. The van der Waals surface area contributed by atoms with Crippen LogP contribution in [0.25, 0.3) is 11.1 Å². The highest BCUT2D eigenvalue weighted by molar-refractivity contribution is 5.85. The van der Waals surface area contributed by atoms with Gasteiger partial charge in [0, 0.05) is 5.56 Å². The zero-order chi connectivity index (χ0) is 10.8. The molecule has 0 aliphatic carbocycles. The molecule has 2 nitrogen and oxygen atoms in total. The second-order valence-corrected chi connectivity index (χ2v) is 3.63. The highest BCUT2D eigenvalue weighted by Crippen LogP contribution is 2.27. The first-order valence-corrected chi connectivity index (χ1v) is 4.82. The molecule has 2 rings (SSSR count). The fraction of sp³-hybridized carbons (Fsp3) is 0.154. The van der Waals surface area contributed by atoms with E-state index in [1.165, 1.54) is 5.56 Å². The first kappa shape index (κ1) is 9.71. The van der Waals surface area contributed by atoms with Crippen LogP contribution in [0, 0.1) is 13.8 Å². The molecule has 15 heavy (non-hydrogen) atoms. The molecular formula is C13H12O2. The molecule has 0 aliphatic rings. The van der Waals surface area contributed by atoms with Crippen molar-refractivity contribution in [1.82, 2.24) is 0 Å². The summed E-state index contributed by atoms with van der Waals surface area (Å²) in [5.41, 5.74) is 4.28. The van der Waals surface area contributed by atoms with Crippen molar-refractivity contribution >= 4 is 6.29 Å². The maximum absolute atomic E-state index is 10.7. The largest absolute Gasteiger partial charge is 0.461 e. The summed E-state index contributed by atoms with van der Waals surface area (Å²) in [5, 5.41) is 0. The van der Waals surface area contributed by atoms with Crippen LogP contribution in [0.3, 0.4) is 0 Å². The fourth-order valence-electron chi connectivity index (χ4n) is 1.75. The Morgan fingerprint density at radius 3 is 2.60 bits per heavy atom. The maximum Gasteiger partial charge on any atom is 0.185 e. The lowest BCUT2D eigenvalue weighted by Gasteiger charge is -2.04. The van der Waals surface area contributed by atoms with Gasteiger partial charge >= 0.3 is 0 Å². The van der Waals surface area contributed by atoms with Gasteiger partial charge in [-0.1, -0.05) is 23.8 Å². The van der Waals surface area contributed by atoms with Crippen molar-refractivity contribution in [3.8, 4) is 11.1 Å². The second-order valence-electron chi connectivity index (χ2n) is 3.63. The fourth-order valence-corrected chi connectivity index (χ4v) is 1.75. The molecule has 1 aromatic heterocycles. The minimum atomic E-state index is 0.391. The van der Waals surface area contributed by atoms with Crippen molar-refractivity contribution in [1.29, 1.82) is 0 Å². The second kappa shape index (κ2) is 3.73. The number of carbonyl (C=O) groups is 1. The molecule has 0 unspecified atom stereocenters. The van der Waals surface area contributed by atoms with Crippen LogP contribution in [-0.4, -0.2) is 6.29 Å². The zero-order valence-corrected chi connectivity index (χ0v) is 8.78. The van der Waals surface area contributed by atoms with Gasteiger partial charge in [-0.15, -0.1) is 0 Å². The molecule has 0 saturated carbocycles. The van der Waals surface area contributed by atoms with E-state index in [4.69, 9.17) is 4.42 Å². The number of hydrogen-bond acceptors (Lipinski definition) is 2. The number of hydrogen-bond donors (Lipinski definition) is 0. The van der Waals surface area contributed by atoms with Gasteiger partial charge in [-0.25, -0.2) is 0 Å².